The molecule has 0 bridgehead atoms. The minimum atomic E-state index is -0.820. The molecular formula is C16H20Cl2N2O3. The number of likely N-dealkylation sites (N-methyl/N-ethyl adjacent to an activating group) is 1. The standard InChI is InChI=1S/C16H20Cl2N2O3/c1-2-19(10-15(21)22)14-3-5-20(6-4-14)16(23)11-7-12(17)9-13(18)8-11/h7-9,14H,2-6,10H2,1H3,(H,21,22). The summed E-state index contributed by atoms with van der Waals surface area (Å²) in [7, 11) is 0. The van der Waals surface area contributed by atoms with Crippen LogP contribution < -0.4 is 0 Å². The summed E-state index contributed by atoms with van der Waals surface area (Å²) >= 11 is 11.9. The van der Waals surface area contributed by atoms with Crippen LogP contribution >= 0.6 is 23.2 Å². The van der Waals surface area contributed by atoms with E-state index in [1.165, 1.54) is 0 Å². The quantitative estimate of drug-likeness (QED) is 0.878. The molecule has 0 atom stereocenters. The highest BCUT2D eigenvalue weighted by Crippen LogP contribution is 2.23. The van der Waals surface area contributed by atoms with Crippen LogP contribution in [0.2, 0.25) is 10.0 Å². The number of rotatable bonds is 5. The van der Waals surface area contributed by atoms with Gasteiger partial charge >= 0.3 is 5.97 Å². The third kappa shape index (κ3) is 4.83. The number of nitrogens with zero attached hydrogens (tertiary/aromatic N) is 2. The van der Waals surface area contributed by atoms with E-state index in [4.69, 9.17) is 28.3 Å². The SMILES string of the molecule is CCN(CC(=O)O)C1CCN(C(=O)c2cc(Cl)cc(Cl)c2)CC1. The van der Waals surface area contributed by atoms with E-state index in [0.717, 1.165) is 12.8 Å². The molecule has 1 aliphatic heterocycles. The fourth-order valence-corrected chi connectivity index (χ4v) is 3.49. The molecule has 1 N–H and O–H groups in total. The lowest BCUT2D eigenvalue weighted by atomic mass is 10.0. The zero-order valence-corrected chi connectivity index (χ0v) is 14.5. The van der Waals surface area contributed by atoms with Crippen molar-refractivity contribution in [2.24, 2.45) is 0 Å². The molecule has 1 aliphatic rings. The molecule has 0 aliphatic carbocycles. The van der Waals surface area contributed by atoms with Gasteiger partial charge in [0.25, 0.3) is 5.91 Å². The third-order valence-electron chi connectivity index (χ3n) is 4.12. The van der Waals surface area contributed by atoms with E-state index < -0.39 is 5.97 Å². The summed E-state index contributed by atoms with van der Waals surface area (Å²) in [5, 5.41) is 9.83. The number of carbonyl (C=O) groups excluding carboxylic acids is 1. The molecule has 5 nitrogen and oxygen atoms in total. The van der Waals surface area contributed by atoms with E-state index in [2.05, 4.69) is 0 Å². The Kier molecular flexibility index (Phi) is 6.27. The van der Waals surface area contributed by atoms with Crippen LogP contribution in [0.5, 0.6) is 0 Å². The molecule has 1 amide bonds. The van der Waals surface area contributed by atoms with Gasteiger partial charge in [0.2, 0.25) is 0 Å². The smallest absolute Gasteiger partial charge is 0.317 e. The van der Waals surface area contributed by atoms with Crippen molar-refractivity contribution in [3.05, 3.63) is 33.8 Å². The number of carboxylic acid groups (broad SMARTS) is 1. The van der Waals surface area contributed by atoms with Gasteiger partial charge in [-0.15, -0.1) is 0 Å². The third-order valence-corrected chi connectivity index (χ3v) is 4.56. The maximum absolute atomic E-state index is 12.5. The number of hydrogen-bond donors (Lipinski definition) is 1. The molecule has 7 heteroatoms. The van der Waals surface area contributed by atoms with Gasteiger partial charge in [-0.05, 0) is 37.6 Å². The van der Waals surface area contributed by atoms with Crippen molar-refractivity contribution in [1.29, 1.82) is 0 Å². The number of carboxylic acids is 1. The minimum absolute atomic E-state index is 0.0407. The number of carbonyl (C=O) groups is 2. The molecule has 0 radical (unpaired) electrons. The molecular weight excluding hydrogens is 339 g/mol. The average Bonchev–Trinajstić information content (AvgIpc) is 2.51. The van der Waals surface area contributed by atoms with E-state index in [1.54, 1.807) is 23.1 Å². The molecule has 0 spiro atoms. The Labute approximate surface area is 145 Å². The van der Waals surface area contributed by atoms with Gasteiger partial charge in [-0.1, -0.05) is 30.1 Å². The predicted molar refractivity (Wildman–Crippen MR) is 90.3 cm³/mol. The Bertz CT molecular complexity index is 566. The lowest BCUT2D eigenvalue weighted by Gasteiger charge is -2.37. The molecule has 0 saturated carbocycles. The fraction of sp³-hybridized carbons (Fsp3) is 0.500. The Morgan fingerprint density at radius 1 is 1.22 bits per heavy atom. The Morgan fingerprint density at radius 3 is 2.26 bits per heavy atom. The van der Waals surface area contributed by atoms with Crippen LogP contribution in [0.15, 0.2) is 18.2 Å². The van der Waals surface area contributed by atoms with Gasteiger partial charge in [0.1, 0.15) is 0 Å². The van der Waals surface area contributed by atoms with Crippen molar-refractivity contribution >= 4 is 35.1 Å². The number of likely N-dealkylation sites (tertiary alicyclic amines) is 1. The summed E-state index contributed by atoms with van der Waals surface area (Å²) in [4.78, 5) is 27.1. The van der Waals surface area contributed by atoms with Crippen molar-refractivity contribution in [1.82, 2.24) is 9.80 Å². The molecule has 1 heterocycles. The highest BCUT2D eigenvalue weighted by atomic mass is 35.5. The number of amides is 1. The normalized spacial score (nSPS) is 15.9. The van der Waals surface area contributed by atoms with Crippen molar-refractivity contribution in [3.63, 3.8) is 0 Å². The molecule has 23 heavy (non-hydrogen) atoms. The molecule has 0 unspecified atom stereocenters. The van der Waals surface area contributed by atoms with Crippen molar-refractivity contribution in [2.75, 3.05) is 26.2 Å². The van der Waals surface area contributed by atoms with Gasteiger partial charge < -0.3 is 10.0 Å². The van der Waals surface area contributed by atoms with Gasteiger partial charge in [-0.2, -0.15) is 0 Å². The lowest BCUT2D eigenvalue weighted by molar-refractivity contribution is -0.139. The Morgan fingerprint density at radius 2 is 1.78 bits per heavy atom. The zero-order chi connectivity index (χ0) is 17.0. The second kappa shape index (κ2) is 7.99. The first-order chi connectivity index (χ1) is 10.9. The van der Waals surface area contributed by atoms with Crippen LogP contribution in [-0.4, -0.2) is 59.0 Å². The van der Waals surface area contributed by atoms with E-state index in [1.807, 2.05) is 11.8 Å². The molecule has 1 aromatic rings. The van der Waals surface area contributed by atoms with Crippen LogP contribution in [0, 0.1) is 0 Å². The number of benzene rings is 1. The van der Waals surface area contributed by atoms with E-state index in [9.17, 15) is 9.59 Å². The second-order valence-corrected chi connectivity index (χ2v) is 6.51. The zero-order valence-electron chi connectivity index (χ0n) is 13.0. The molecule has 1 aromatic carbocycles. The second-order valence-electron chi connectivity index (χ2n) is 5.64. The summed E-state index contributed by atoms with van der Waals surface area (Å²) in [5.41, 5.74) is 0.485. The predicted octanol–water partition coefficient (Wildman–Crippen LogP) is 3.00. The molecule has 2 rings (SSSR count). The maximum atomic E-state index is 12.5. The van der Waals surface area contributed by atoms with Crippen LogP contribution in [0.25, 0.3) is 0 Å². The highest BCUT2D eigenvalue weighted by Gasteiger charge is 2.27. The molecule has 126 valence electrons. The summed E-state index contributed by atoms with van der Waals surface area (Å²) in [6.45, 7) is 3.88. The molecule has 1 saturated heterocycles. The van der Waals surface area contributed by atoms with Crippen LogP contribution in [0.3, 0.4) is 0 Å². The topological polar surface area (TPSA) is 60.9 Å². The van der Waals surface area contributed by atoms with Gasteiger partial charge in [-0.3, -0.25) is 14.5 Å². The Hall–Kier alpha value is -1.30. The Balaban J connectivity index is 1.98. The largest absolute Gasteiger partial charge is 0.480 e. The summed E-state index contributed by atoms with van der Waals surface area (Å²) in [6.07, 6.45) is 1.53. The number of aliphatic carboxylic acids is 1. The number of halogens is 2. The van der Waals surface area contributed by atoms with Crippen molar-refractivity contribution < 1.29 is 14.7 Å². The highest BCUT2D eigenvalue weighted by molar-refractivity contribution is 6.35. The lowest BCUT2D eigenvalue weighted by Crippen LogP contribution is -2.48. The monoisotopic (exact) mass is 358 g/mol. The first-order valence-corrected chi connectivity index (χ1v) is 8.37. The number of hydrogen-bond acceptors (Lipinski definition) is 3. The van der Waals surface area contributed by atoms with Crippen molar-refractivity contribution in [2.45, 2.75) is 25.8 Å². The summed E-state index contributed by atoms with van der Waals surface area (Å²) in [6, 6.07) is 5.02. The van der Waals surface area contributed by atoms with Gasteiger partial charge in [0.05, 0.1) is 6.54 Å². The van der Waals surface area contributed by atoms with Gasteiger partial charge in [0, 0.05) is 34.7 Å². The maximum Gasteiger partial charge on any atom is 0.317 e. The first kappa shape index (κ1) is 18.0. The van der Waals surface area contributed by atoms with Gasteiger partial charge in [0.15, 0.2) is 0 Å². The summed E-state index contributed by atoms with van der Waals surface area (Å²) in [5.74, 6) is -0.909. The van der Waals surface area contributed by atoms with Crippen LogP contribution in [-0.2, 0) is 4.79 Å². The van der Waals surface area contributed by atoms with E-state index in [-0.39, 0.29) is 18.5 Å². The average molecular weight is 359 g/mol. The molecule has 1 fully saturated rings. The minimum Gasteiger partial charge on any atom is -0.480 e. The van der Waals surface area contributed by atoms with Crippen LogP contribution in [0.1, 0.15) is 30.1 Å². The van der Waals surface area contributed by atoms with E-state index in [0.29, 0.717) is 35.2 Å². The summed E-state index contributed by atoms with van der Waals surface area (Å²) < 4.78 is 0. The first-order valence-electron chi connectivity index (χ1n) is 7.62. The van der Waals surface area contributed by atoms with Crippen molar-refractivity contribution in [3.8, 4) is 0 Å². The van der Waals surface area contributed by atoms with E-state index >= 15 is 0 Å². The van der Waals surface area contributed by atoms with Gasteiger partial charge in [-0.25, -0.2) is 0 Å². The number of piperidine rings is 1. The fourth-order valence-electron chi connectivity index (χ4n) is 2.97. The van der Waals surface area contributed by atoms with Crippen LogP contribution in [0.4, 0.5) is 0 Å². The molecule has 0 aromatic heterocycles.